The summed E-state index contributed by atoms with van der Waals surface area (Å²) in [6.07, 6.45) is 11.4. The van der Waals surface area contributed by atoms with Crippen LogP contribution in [0.5, 0.6) is 0 Å². The Morgan fingerprint density at radius 3 is 2.76 bits per heavy atom. The molecule has 0 aliphatic heterocycles. The van der Waals surface area contributed by atoms with Crippen molar-refractivity contribution in [3.63, 3.8) is 0 Å². The average molecular weight is 232 g/mol. The molecule has 0 radical (unpaired) electrons. The molecule has 0 amide bonds. The Bertz CT molecular complexity index is 312. The fourth-order valence-corrected chi connectivity index (χ4v) is 2.55. The zero-order valence-corrected chi connectivity index (χ0v) is 10.9. The van der Waals surface area contributed by atoms with E-state index in [2.05, 4.69) is 22.4 Å². The van der Waals surface area contributed by atoms with Gasteiger partial charge in [0, 0.05) is 17.9 Å². The molecule has 0 aromatic carbocycles. The summed E-state index contributed by atoms with van der Waals surface area (Å²) in [5.74, 6) is 0. The van der Waals surface area contributed by atoms with Crippen molar-refractivity contribution in [3.05, 3.63) is 29.6 Å². The first-order valence-corrected chi connectivity index (χ1v) is 6.99. The van der Waals surface area contributed by atoms with E-state index >= 15 is 0 Å². The third kappa shape index (κ3) is 4.47. The van der Waals surface area contributed by atoms with E-state index in [1.54, 1.807) is 0 Å². The van der Waals surface area contributed by atoms with E-state index in [9.17, 15) is 0 Å². The van der Waals surface area contributed by atoms with E-state index in [0.717, 1.165) is 24.7 Å². The molecule has 1 heterocycles. The zero-order valence-electron chi connectivity index (χ0n) is 10.9. The van der Waals surface area contributed by atoms with Gasteiger partial charge in [-0.3, -0.25) is 4.98 Å². The van der Waals surface area contributed by atoms with Crippen molar-refractivity contribution >= 4 is 0 Å². The standard InChI is InChI=1S/C15H24N2/c1-13-9-10-14(12-17-13)6-5-11-16-15-7-3-2-4-8-15/h9-10,12,15-16H,2-8,11H2,1H3. The molecule has 0 saturated heterocycles. The molecule has 17 heavy (non-hydrogen) atoms. The Morgan fingerprint density at radius 2 is 2.06 bits per heavy atom. The summed E-state index contributed by atoms with van der Waals surface area (Å²) in [5.41, 5.74) is 2.47. The molecule has 1 aromatic heterocycles. The lowest BCUT2D eigenvalue weighted by atomic mass is 9.95. The van der Waals surface area contributed by atoms with Crippen LogP contribution in [0.3, 0.4) is 0 Å². The minimum absolute atomic E-state index is 0.792. The van der Waals surface area contributed by atoms with Crippen LogP contribution in [0.2, 0.25) is 0 Å². The van der Waals surface area contributed by atoms with Gasteiger partial charge >= 0.3 is 0 Å². The second-order valence-electron chi connectivity index (χ2n) is 5.20. The molecule has 2 rings (SSSR count). The lowest BCUT2D eigenvalue weighted by Gasteiger charge is -2.22. The SMILES string of the molecule is Cc1ccc(CCCNC2CCCCC2)cn1. The largest absolute Gasteiger partial charge is 0.314 e. The third-order valence-corrected chi connectivity index (χ3v) is 3.65. The van der Waals surface area contributed by atoms with Gasteiger partial charge in [0.1, 0.15) is 0 Å². The lowest BCUT2D eigenvalue weighted by Crippen LogP contribution is -2.31. The van der Waals surface area contributed by atoms with Crippen molar-refractivity contribution < 1.29 is 0 Å². The number of rotatable bonds is 5. The number of pyridine rings is 1. The quantitative estimate of drug-likeness (QED) is 0.788. The van der Waals surface area contributed by atoms with Crippen LogP contribution < -0.4 is 5.32 Å². The predicted octanol–water partition coefficient (Wildman–Crippen LogP) is 3.24. The summed E-state index contributed by atoms with van der Waals surface area (Å²) in [6.45, 7) is 3.19. The molecule has 1 aliphatic carbocycles. The molecular weight excluding hydrogens is 208 g/mol. The van der Waals surface area contributed by atoms with Crippen LogP contribution >= 0.6 is 0 Å². The summed E-state index contributed by atoms with van der Waals surface area (Å²) in [4.78, 5) is 4.33. The van der Waals surface area contributed by atoms with Gasteiger partial charge in [0.2, 0.25) is 0 Å². The Morgan fingerprint density at radius 1 is 1.24 bits per heavy atom. The van der Waals surface area contributed by atoms with Crippen molar-refractivity contribution in [1.82, 2.24) is 10.3 Å². The highest BCUT2D eigenvalue weighted by Crippen LogP contribution is 2.17. The smallest absolute Gasteiger partial charge is 0.0372 e. The molecule has 94 valence electrons. The van der Waals surface area contributed by atoms with Crippen LogP contribution in [0, 0.1) is 6.92 Å². The van der Waals surface area contributed by atoms with Gasteiger partial charge in [-0.25, -0.2) is 0 Å². The topological polar surface area (TPSA) is 24.9 Å². The van der Waals surface area contributed by atoms with Gasteiger partial charge in [0.15, 0.2) is 0 Å². The monoisotopic (exact) mass is 232 g/mol. The van der Waals surface area contributed by atoms with E-state index in [-0.39, 0.29) is 0 Å². The van der Waals surface area contributed by atoms with Gasteiger partial charge in [-0.2, -0.15) is 0 Å². The molecule has 1 fully saturated rings. The maximum atomic E-state index is 4.33. The first kappa shape index (κ1) is 12.6. The number of nitrogens with zero attached hydrogens (tertiary/aromatic N) is 1. The lowest BCUT2D eigenvalue weighted by molar-refractivity contribution is 0.372. The van der Waals surface area contributed by atoms with Crippen LogP contribution in [-0.4, -0.2) is 17.6 Å². The van der Waals surface area contributed by atoms with Crippen molar-refractivity contribution in [2.24, 2.45) is 0 Å². The maximum absolute atomic E-state index is 4.33. The molecule has 0 atom stereocenters. The van der Waals surface area contributed by atoms with E-state index in [1.165, 1.54) is 44.1 Å². The molecule has 1 saturated carbocycles. The third-order valence-electron chi connectivity index (χ3n) is 3.65. The first-order valence-electron chi connectivity index (χ1n) is 6.99. The first-order chi connectivity index (χ1) is 8.34. The van der Waals surface area contributed by atoms with Gasteiger partial charge in [0.05, 0.1) is 0 Å². The number of hydrogen-bond donors (Lipinski definition) is 1. The highest BCUT2D eigenvalue weighted by molar-refractivity contribution is 5.13. The normalized spacial score (nSPS) is 17.2. The Kier molecular flexibility index (Phi) is 4.99. The van der Waals surface area contributed by atoms with E-state index in [0.29, 0.717) is 0 Å². The number of nitrogens with one attached hydrogen (secondary N) is 1. The van der Waals surface area contributed by atoms with Gasteiger partial charge in [-0.1, -0.05) is 25.3 Å². The summed E-state index contributed by atoms with van der Waals surface area (Å²) in [7, 11) is 0. The van der Waals surface area contributed by atoms with Crippen LogP contribution in [0.1, 0.15) is 49.8 Å². The van der Waals surface area contributed by atoms with Crippen molar-refractivity contribution in [1.29, 1.82) is 0 Å². The van der Waals surface area contributed by atoms with Crippen LogP contribution in [-0.2, 0) is 6.42 Å². The molecule has 2 heteroatoms. The van der Waals surface area contributed by atoms with Crippen LogP contribution in [0.25, 0.3) is 0 Å². The fourth-order valence-electron chi connectivity index (χ4n) is 2.55. The fraction of sp³-hybridized carbons (Fsp3) is 0.667. The number of aryl methyl sites for hydroxylation is 2. The molecule has 0 bridgehead atoms. The van der Waals surface area contributed by atoms with Gasteiger partial charge in [0.25, 0.3) is 0 Å². The summed E-state index contributed by atoms with van der Waals surface area (Å²) in [6, 6.07) is 5.09. The Balaban J connectivity index is 1.60. The van der Waals surface area contributed by atoms with Crippen molar-refractivity contribution in [2.75, 3.05) is 6.54 Å². The highest BCUT2D eigenvalue weighted by Gasteiger charge is 2.11. The summed E-state index contributed by atoms with van der Waals surface area (Å²) < 4.78 is 0. The van der Waals surface area contributed by atoms with Gasteiger partial charge in [-0.15, -0.1) is 0 Å². The van der Waals surface area contributed by atoms with Gasteiger partial charge in [-0.05, 0) is 50.8 Å². The summed E-state index contributed by atoms with van der Waals surface area (Å²) >= 11 is 0. The molecular formula is C15H24N2. The Labute approximate surface area is 105 Å². The van der Waals surface area contributed by atoms with Crippen LogP contribution in [0.15, 0.2) is 18.3 Å². The van der Waals surface area contributed by atoms with E-state index in [4.69, 9.17) is 0 Å². The second-order valence-corrected chi connectivity index (χ2v) is 5.20. The highest BCUT2D eigenvalue weighted by atomic mass is 14.9. The molecule has 2 nitrogen and oxygen atoms in total. The van der Waals surface area contributed by atoms with Crippen molar-refractivity contribution in [3.8, 4) is 0 Å². The van der Waals surface area contributed by atoms with Crippen LogP contribution in [0.4, 0.5) is 0 Å². The number of aromatic nitrogens is 1. The number of hydrogen-bond acceptors (Lipinski definition) is 2. The predicted molar refractivity (Wildman–Crippen MR) is 72.2 cm³/mol. The van der Waals surface area contributed by atoms with E-state index < -0.39 is 0 Å². The zero-order chi connectivity index (χ0) is 11.9. The minimum Gasteiger partial charge on any atom is -0.314 e. The minimum atomic E-state index is 0.792. The summed E-state index contributed by atoms with van der Waals surface area (Å²) in [5, 5.41) is 3.68. The molecule has 0 unspecified atom stereocenters. The molecule has 1 aliphatic rings. The second kappa shape index (κ2) is 6.75. The maximum Gasteiger partial charge on any atom is 0.0372 e. The van der Waals surface area contributed by atoms with Gasteiger partial charge < -0.3 is 5.32 Å². The molecule has 1 N–H and O–H groups in total. The Hall–Kier alpha value is -0.890. The van der Waals surface area contributed by atoms with E-state index in [1.807, 2.05) is 13.1 Å². The molecule has 1 aromatic rings. The average Bonchev–Trinajstić information content (AvgIpc) is 2.38. The molecule has 0 spiro atoms. The van der Waals surface area contributed by atoms with Crippen molar-refractivity contribution in [2.45, 2.75) is 57.9 Å².